The van der Waals surface area contributed by atoms with E-state index in [-0.39, 0.29) is 24.4 Å². The van der Waals surface area contributed by atoms with E-state index in [1.165, 1.54) is 11.3 Å². The third-order valence-corrected chi connectivity index (χ3v) is 4.05. The van der Waals surface area contributed by atoms with E-state index in [9.17, 15) is 14.7 Å². The minimum atomic E-state index is -1.06. The number of aliphatic hydroxyl groups excluding tert-OH is 1. The fraction of sp³-hybridized carbons (Fsp3) is 0.833. The van der Waals surface area contributed by atoms with Crippen LogP contribution in [-0.4, -0.2) is 52.3 Å². The summed E-state index contributed by atoms with van der Waals surface area (Å²) in [7, 11) is 0. The van der Waals surface area contributed by atoms with Gasteiger partial charge in [-0.15, -0.1) is 0 Å². The monoisotopic (exact) mass is 256 g/mol. The first-order valence-electron chi connectivity index (χ1n) is 6.37. The fourth-order valence-electron chi connectivity index (χ4n) is 2.62. The standard InChI is InChI=1S/C12H20N2O4/c1-12(3-2-4-12)7-13-11(18)14-6-8(15)5-9(14)10(16)17/h8-9,15H,2-7H2,1H3,(H,13,18)(H,16,17)/t8?,9-/m0/s1. The molecular formula is C12H20N2O4. The maximum absolute atomic E-state index is 11.9. The Balaban J connectivity index is 1.89. The molecule has 1 saturated heterocycles. The number of aliphatic carboxylic acids is 1. The van der Waals surface area contributed by atoms with E-state index < -0.39 is 18.1 Å². The summed E-state index contributed by atoms with van der Waals surface area (Å²) in [4.78, 5) is 24.1. The topological polar surface area (TPSA) is 89.9 Å². The summed E-state index contributed by atoms with van der Waals surface area (Å²) in [5, 5.41) is 21.3. The average molecular weight is 256 g/mol. The largest absolute Gasteiger partial charge is 0.480 e. The molecule has 1 unspecified atom stereocenters. The number of carboxylic acids is 1. The summed E-state index contributed by atoms with van der Waals surface area (Å²) in [5.74, 6) is -1.06. The van der Waals surface area contributed by atoms with Crippen molar-refractivity contribution in [2.75, 3.05) is 13.1 Å². The lowest BCUT2D eigenvalue weighted by Crippen LogP contribution is -2.49. The lowest BCUT2D eigenvalue weighted by atomic mass is 9.70. The Kier molecular flexibility index (Phi) is 3.47. The first kappa shape index (κ1) is 13.1. The Hall–Kier alpha value is -1.30. The number of rotatable bonds is 3. The smallest absolute Gasteiger partial charge is 0.326 e. The van der Waals surface area contributed by atoms with Gasteiger partial charge in [-0.25, -0.2) is 9.59 Å². The Bertz CT molecular complexity index is 354. The number of aliphatic hydroxyl groups is 1. The highest BCUT2D eigenvalue weighted by Gasteiger charge is 2.40. The summed E-state index contributed by atoms with van der Waals surface area (Å²) in [6, 6.07) is -1.29. The molecule has 2 rings (SSSR count). The Labute approximate surface area is 106 Å². The summed E-state index contributed by atoms with van der Waals surface area (Å²) in [6.07, 6.45) is 2.75. The highest BCUT2D eigenvalue weighted by molar-refractivity contribution is 5.83. The zero-order valence-electron chi connectivity index (χ0n) is 10.6. The third-order valence-electron chi connectivity index (χ3n) is 4.05. The van der Waals surface area contributed by atoms with E-state index in [4.69, 9.17) is 5.11 Å². The number of nitrogens with one attached hydrogen (secondary N) is 1. The van der Waals surface area contributed by atoms with Crippen molar-refractivity contribution in [3.63, 3.8) is 0 Å². The lowest BCUT2D eigenvalue weighted by molar-refractivity contribution is -0.141. The molecule has 1 aliphatic heterocycles. The SMILES string of the molecule is CC1(CNC(=O)N2CC(O)C[C@H]2C(=O)O)CCC1. The third kappa shape index (κ3) is 2.58. The second kappa shape index (κ2) is 4.76. The average Bonchev–Trinajstić information content (AvgIpc) is 2.66. The van der Waals surface area contributed by atoms with Crippen LogP contribution in [0, 0.1) is 5.41 Å². The van der Waals surface area contributed by atoms with Gasteiger partial charge >= 0.3 is 12.0 Å². The Morgan fingerprint density at radius 1 is 1.44 bits per heavy atom. The number of carbonyl (C=O) groups excluding carboxylic acids is 1. The predicted octanol–water partition coefficient (Wildman–Crippen LogP) is 0.406. The van der Waals surface area contributed by atoms with Gasteiger partial charge in [-0.1, -0.05) is 13.3 Å². The molecule has 18 heavy (non-hydrogen) atoms. The van der Waals surface area contributed by atoms with Crippen molar-refractivity contribution in [2.24, 2.45) is 5.41 Å². The molecule has 2 amide bonds. The van der Waals surface area contributed by atoms with Crippen molar-refractivity contribution in [3.8, 4) is 0 Å². The maximum Gasteiger partial charge on any atom is 0.326 e. The fourth-order valence-corrected chi connectivity index (χ4v) is 2.62. The van der Waals surface area contributed by atoms with Crippen molar-refractivity contribution in [1.82, 2.24) is 10.2 Å². The van der Waals surface area contributed by atoms with Crippen LogP contribution >= 0.6 is 0 Å². The van der Waals surface area contributed by atoms with E-state index in [0.29, 0.717) is 6.54 Å². The molecular weight excluding hydrogens is 236 g/mol. The Morgan fingerprint density at radius 3 is 2.61 bits per heavy atom. The molecule has 102 valence electrons. The van der Waals surface area contributed by atoms with Crippen LogP contribution in [-0.2, 0) is 4.79 Å². The van der Waals surface area contributed by atoms with Crippen molar-refractivity contribution >= 4 is 12.0 Å². The normalized spacial score (nSPS) is 29.8. The van der Waals surface area contributed by atoms with Gasteiger partial charge in [-0.3, -0.25) is 0 Å². The molecule has 6 heteroatoms. The van der Waals surface area contributed by atoms with Crippen LogP contribution in [0.3, 0.4) is 0 Å². The van der Waals surface area contributed by atoms with Gasteiger partial charge < -0.3 is 20.4 Å². The molecule has 2 atom stereocenters. The van der Waals surface area contributed by atoms with Crippen molar-refractivity contribution < 1.29 is 19.8 Å². The Morgan fingerprint density at radius 2 is 2.11 bits per heavy atom. The number of carboxylic acid groups (broad SMARTS) is 1. The highest BCUT2D eigenvalue weighted by atomic mass is 16.4. The van der Waals surface area contributed by atoms with Crippen LogP contribution in [0.1, 0.15) is 32.6 Å². The van der Waals surface area contributed by atoms with E-state index in [1.807, 2.05) is 0 Å². The molecule has 0 radical (unpaired) electrons. The number of hydrogen-bond acceptors (Lipinski definition) is 3. The highest BCUT2D eigenvalue weighted by Crippen LogP contribution is 2.39. The van der Waals surface area contributed by atoms with E-state index in [2.05, 4.69) is 12.2 Å². The first-order chi connectivity index (χ1) is 8.41. The number of nitrogens with zero attached hydrogens (tertiary/aromatic N) is 1. The zero-order valence-corrected chi connectivity index (χ0v) is 10.6. The van der Waals surface area contributed by atoms with Gasteiger partial charge in [0.2, 0.25) is 0 Å². The minimum Gasteiger partial charge on any atom is -0.480 e. The predicted molar refractivity (Wildman–Crippen MR) is 64.1 cm³/mol. The quantitative estimate of drug-likeness (QED) is 0.682. The summed E-state index contributed by atoms with van der Waals surface area (Å²) < 4.78 is 0. The molecule has 1 heterocycles. The van der Waals surface area contributed by atoms with Crippen LogP contribution in [0.5, 0.6) is 0 Å². The van der Waals surface area contributed by atoms with E-state index >= 15 is 0 Å². The molecule has 6 nitrogen and oxygen atoms in total. The van der Waals surface area contributed by atoms with Crippen LogP contribution < -0.4 is 5.32 Å². The van der Waals surface area contributed by atoms with Gasteiger partial charge in [-0.05, 0) is 18.3 Å². The molecule has 3 N–H and O–H groups in total. The van der Waals surface area contributed by atoms with Gasteiger partial charge in [0.25, 0.3) is 0 Å². The van der Waals surface area contributed by atoms with Crippen LogP contribution in [0.15, 0.2) is 0 Å². The number of hydrogen-bond donors (Lipinski definition) is 3. The minimum absolute atomic E-state index is 0.0967. The molecule has 0 aromatic rings. The molecule has 0 aromatic carbocycles. The number of carbonyl (C=O) groups is 2. The zero-order chi connectivity index (χ0) is 13.3. The van der Waals surface area contributed by atoms with Crippen molar-refractivity contribution in [3.05, 3.63) is 0 Å². The summed E-state index contributed by atoms with van der Waals surface area (Å²) in [6.45, 7) is 2.79. The maximum atomic E-state index is 11.9. The first-order valence-corrected chi connectivity index (χ1v) is 6.37. The van der Waals surface area contributed by atoms with Crippen LogP contribution in [0.25, 0.3) is 0 Å². The molecule has 1 saturated carbocycles. The van der Waals surface area contributed by atoms with E-state index in [1.54, 1.807) is 0 Å². The van der Waals surface area contributed by atoms with E-state index in [0.717, 1.165) is 12.8 Å². The van der Waals surface area contributed by atoms with Crippen molar-refractivity contribution in [1.29, 1.82) is 0 Å². The van der Waals surface area contributed by atoms with Gasteiger partial charge in [0, 0.05) is 19.5 Å². The summed E-state index contributed by atoms with van der Waals surface area (Å²) >= 11 is 0. The van der Waals surface area contributed by atoms with Crippen molar-refractivity contribution in [2.45, 2.75) is 44.8 Å². The van der Waals surface area contributed by atoms with Gasteiger partial charge in [0.1, 0.15) is 6.04 Å². The lowest BCUT2D eigenvalue weighted by Gasteiger charge is -2.38. The molecule has 0 bridgehead atoms. The second-order valence-electron chi connectivity index (χ2n) is 5.72. The molecule has 2 aliphatic rings. The van der Waals surface area contributed by atoms with Gasteiger partial charge in [0.15, 0.2) is 0 Å². The number of β-amino-alcohol motifs (C(OH)–C–C–N with tert-alkyl or cyclic N) is 1. The molecule has 2 fully saturated rings. The number of amides is 2. The number of urea groups is 1. The van der Waals surface area contributed by atoms with Crippen LogP contribution in [0.2, 0.25) is 0 Å². The van der Waals surface area contributed by atoms with Gasteiger partial charge in [-0.2, -0.15) is 0 Å². The second-order valence-corrected chi connectivity index (χ2v) is 5.72. The number of likely N-dealkylation sites (tertiary alicyclic amines) is 1. The summed E-state index contributed by atoms with van der Waals surface area (Å²) in [5.41, 5.74) is 0.159. The van der Waals surface area contributed by atoms with Crippen LogP contribution in [0.4, 0.5) is 4.79 Å². The van der Waals surface area contributed by atoms with Gasteiger partial charge in [0.05, 0.1) is 6.10 Å². The molecule has 0 spiro atoms. The molecule has 0 aromatic heterocycles. The molecule has 1 aliphatic carbocycles.